The minimum atomic E-state index is 0.335. The lowest BCUT2D eigenvalue weighted by molar-refractivity contribution is 0.110. The van der Waals surface area contributed by atoms with Crippen LogP contribution in [0.15, 0.2) is 34.7 Å². The van der Waals surface area contributed by atoms with E-state index >= 15 is 0 Å². The van der Waals surface area contributed by atoms with Gasteiger partial charge in [0.25, 0.3) is 0 Å². The zero-order valence-corrected chi connectivity index (χ0v) is 10.7. The van der Waals surface area contributed by atoms with Gasteiger partial charge in [-0.15, -0.1) is 0 Å². The highest BCUT2D eigenvalue weighted by Gasteiger charge is 2.08. The molecule has 0 aliphatic heterocycles. The summed E-state index contributed by atoms with van der Waals surface area (Å²) < 4.78 is 11.5. The van der Waals surface area contributed by atoms with Gasteiger partial charge in [0.2, 0.25) is 0 Å². The summed E-state index contributed by atoms with van der Waals surface area (Å²) in [7, 11) is 1.63. The van der Waals surface area contributed by atoms with Gasteiger partial charge in [-0.25, -0.2) is 0 Å². The number of carbonyl (C=O) groups is 1. The third-order valence-electron chi connectivity index (χ3n) is 2.18. The maximum atomic E-state index is 10.5. The highest BCUT2D eigenvalue weighted by atomic mass is 127. The highest BCUT2D eigenvalue weighted by molar-refractivity contribution is 14.1. The molecule has 2 aromatic rings. The first-order chi connectivity index (χ1) is 7.74. The first-order valence-electron chi connectivity index (χ1n) is 4.63. The molecule has 82 valence electrons. The Morgan fingerprint density at radius 3 is 2.69 bits per heavy atom. The first kappa shape index (κ1) is 11.2. The predicted octanol–water partition coefficient (Wildman–Crippen LogP) is 3.37. The maximum Gasteiger partial charge on any atom is 0.185 e. The summed E-state index contributed by atoms with van der Waals surface area (Å²) in [5.41, 5.74) is 0.953. The van der Waals surface area contributed by atoms with Crippen LogP contribution in [0.5, 0.6) is 5.75 Å². The number of halogens is 1. The van der Waals surface area contributed by atoms with E-state index in [1.807, 2.05) is 18.2 Å². The van der Waals surface area contributed by atoms with Gasteiger partial charge >= 0.3 is 0 Å². The molecule has 0 aliphatic carbocycles. The summed E-state index contributed by atoms with van der Waals surface area (Å²) in [4.78, 5) is 10.5. The summed E-state index contributed by atoms with van der Waals surface area (Å²) in [6.45, 7) is 0. The topological polar surface area (TPSA) is 39.4 Å². The minimum absolute atomic E-state index is 0.335. The smallest absolute Gasteiger partial charge is 0.185 e. The van der Waals surface area contributed by atoms with Crippen molar-refractivity contribution in [3.63, 3.8) is 0 Å². The molecule has 1 aromatic heterocycles. The number of hydrogen-bond donors (Lipinski definition) is 0. The van der Waals surface area contributed by atoms with Gasteiger partial charge in [0.1, 0.15) is 11.5 Å². The molecule has 0 fully saturated rings. The number of aldehydes is 1. The van der Waals surface area contributed by atoms with E-state index in [1.165, 1.54) is 0 Å². The standard InChI is InChI=1S/C12H9IO3/c1-15-8-2-4-10(11(13)6-8)12-5-3-9(7-14)16-12/h2-7H,1H3. The maximum absolute atomic E-state index is 10.5. The van der Waals surface area contributed by atoms with Crippen molar-refractivity contribution in [2.24, 2.45) is 0 Å². The average Bonchev–Trinajstić information content (AvgIpc) is 2.77. The average molecular weight is 328 g/mol. The van der Waals surface area contributed by atoms with E-state index in [0.717, 1.165) is 14.9 Å². The van der Waals surface area contributed by atoms with Crippen LogP contribution >= 0.6 is 22.6 Å². The molecule has 0 saturated carbocycles. The molecular formula is C12H9IO3. The second-order valence-corrected chi connectivity index (χ2v) is 4.33. The fourth-order valence-corrected chi connectivity index (χ4v) is 2.14. The predicted molar refractivity (Wildman–Crippen MR) is 68.8 cm³/mol. The number of hydrogen-bond acceptors (Lipinski definition) is 3. The van der Waals surface area contributed by atoms with Crippen molar-refractivity contribution in [3.8, 4) is 17.1 Å². The van der Waals surface area contributed by atoms with E-state index in [4.69, 9.17) is 9.15 Å². The van der Waals surface area contributed by atoms with Gasteiger partial charge in [-0.05, 0) is 52.9 Å². The molecule has 0 unspecified atom stereocenters. The van der Waals surface area contributed by atoms with Gasteiger partial charge in [-0.3, -0.25) is 4.79 Å². The number of furan rings is 1. The van der Waals surface area contributed by atoms with Crippen LogP contribution in [0.25, 0.3) is 11.3 Å². The zero-order chi connectivity index (χ0) is 11.5. The SMILES string of the molecule is COc1ccc(-c2ccc(C=O)o2)c(I)c1. The van der Waals surface area contributed by atoms with Crippen LogP contribution in [0.3, 0.4) is 0 Å². The summed E-state index contributed by atoms with van der Waals surface area (Å²) in [6, 6.07) is 9.13. The Labute approximate surface area is 107 Å². The Balaban J connectivity index is 2.43. The van der Waals surface area contributed by atoms with E-state index in [1.54, 1.807) is 19.2 Å². The zero-order valence-electron chi connectivity index (χ0n) is 8.57. The van der Waals surface area contributed by atoms with E-state index in [-0.39, 0.29) is 0 Å². The largest absolute Gasteiger partial charge is 0.497 e. The monoisotopic (exact) mass is 328 g/mol. The van der Waals surface area contributed by atoms with Crippen molar-refractivity contribution in [1.29, 1.82) is 0 Å². The van der Waals surface area contributed by atoms with E-state index in [0.29, 0.717) is 17.8 Å². The second kappa shape index (κ2) is 4.69. The quantitative estimate of drug-likeness (QED) is 0.641. The lowest BCUT2D eigenvalue weighted by Gasteiger charge is -2.04. The van der Waals surface area contributed by atoms with E-state index < -0.39 is 0 Å². The van der Waals surface area contributed by atoms with Crippen LogP contribution < -0.4 is 4.74 Å². The van der Waals surface area contributed by atoms with E-state index in [9.17, 15) is 4.79 Å². The Kier molecular flexibility index (Phi) is 3.28. The van der Waals surface area contributed by atoms with Gasteiger partial charge < -0.3 is 9.15 Å². The molecule has 1 heterocycles. The van der Waals surface area contributed by atoms with Crippen molar-refractivity contribution < 1.29 is 13.9 Å². The molecule has 0 amide bonds. The fraction of sp³-hybridized carbons (Fsp3) is 0.0833. The fourth-order valence-electron chi connectivity index (χ4n) is 1.38. The highest BCUT2D eigenvalue weighted by Crippen LogP contribution is 2.29. The Morgan fingerprint density at radius 1 is 1.31 bits per heavy atom. The second-order valence-electron chi connectivity index (χ2n) is 3.17. The lowest BCUT2D eigenvalue weighted by Crippen LogP contribution is -1.85. The molecule has 3 nitrogen and oxygen atoms in total. The molecule has 2 rings (SSSR count). The van der Waals surface area contributed by atoms with Crippen molar-refractivity contribution in [1.82, 2.24) is 0 Å². The Morgan fingerprint density at radius 2 is 2.12 bits per heavy atom. The third-order valence-corrected chi connectivity index (χ3v) is 3.08. The van der Waals surface area contributed by atoms with Crippen molar-refractivity contribution >= 4 is 28.9 Å². The van der Waals surface area contributed by atoms with Crippen LogP contribution in [-0.2, 0) is 0 Å². The molecule has 0 N–H and O–H groups in total. The van der Waals surface area contributed by atoms with Gasteiger partial charge in [-0.1, -0.05) is 0 Å². The van der Waals surface area contributed by atoms with Gasteiger partial charge in [0.05, 0.1) is 7.11 Å². The molecule has 1 aromatic carbocycles. The van der Waals surface area contributed by atoms with Crippen LogP contribution in [-0.4, -0.2) is 13.4 Å². The summed E-state index contributed by atoms with van der Waals surface area (Å²) in [5, 5.41) is 0. The molecule has 0 spiro atoms. The van der Waals surface area contributed by atoms with Gasteiger partial charge in [0.15, 0.2) is 12.0 Å². The number of carbonyl (C=O) groups excluding carboxylic acids is 1. The van der Waals surface area contributed by atoms with Crippen molar-refractivity contribution in [2.75, 3.05) is 7.11 Å². The van der Waals surface area contributed by atoms with Crippen molar-refractivity contribution in [3.05, 3.63) is 39.7 Å². The molecule has 0 radical (unpaired) electrons. The first-order valence-corrected chi connectivity index (χ1v) is 5.71. The number of methoxy groups -OCH3 is 1. The third kappa shape index (κ3) is 2.11. The summed E-state index contributed by atoms with van der Waals surface area (Å²) >= 11 is 2.21. The normalized spacial score (nSPS) is 10.1. The van der Waals surface area contributed by atoms with Crippen LogP contribution in [0.2, 0.25) is 0 Å². The van der Waals surface area contributed by atoms with Gasteiger partial charge in [-0.2, -0.15) is 0 Å². The molecule has 4 heteroatoms. The van der Waals surface area contributed by atoms with Crippen molar-refractivity contribution in [2.45, 2.75) is 0 Å². The molecule has 16 heavy (non-hydrogen) atoms. The number of benzene rings is 1. The summed E-state index contributed by atoms with van der Waals surface area (Å²) in [6.07, 6.45) is 0.694. The Hall–Kier alpha value is -1.30. The molecule has 0 saturated heterocycles. The number of ether oxygens (including phenoxy) is 1. The minimum Gasteiger partial charge on any atom is -0.497 e. The van der Waals surface area contributed by atoms with Crippen LogP contribution in [0.1, 0.15) is 10.6 Å². The van der Waals surface area contributed by atoms with Crippen LogP contribution in [0.4, 0.5) is 0 Å². The van der Waals surface area contributed by atoms with Gasteiger partial charge in [0, 0.05) is 9.13 Å². The molecular weight excluding hydrogens is 319 g/mol. The van der Waals surface area contributed by atoms with E-state index in [2.05, 4.69) is 22.6 Å². The Bertz CT molecular complexity index is 517. The molecule has 0 atom stereocenters. The lowest BCUT2D eigenvalue weighted by atomic mass is 10.2. The summed E-state index contributed by atoms with van der Waals surface area (Å²) in [5.74, 6) is 1.83. The number of rotatable bonds is 3. The molecule has 0 aliphatic rings. The van der Waals surface area contributed by atoms with Crippen LogP contribution in [0, 0.1) is 3.57 Å². The molecule has 0 bridgehead atoms.